The zero-order chi connectivity index (χ0) is 18.3. The third-order valence-electron chi connectivity index (χ3n) is 5.18. The van der Waals surface area contributed by atoms with E-state index in [9.17, 15) is 4.39 Å². The molecular formula is C23H23FN2. The molecule has 1 fully saturated rings. The van der Waals surface area contributed by atoms with Gasteiger partial charge < -0.3 is 4.57 Å². The van der Waals surface area contributed by atoms with Crippen molar-refractivity contribution in [1.29, 1.82) is 0 Å². The van der Waals surface area contributed by atoms with Gasteiger partial charge in [-0.3, -0.25) is 4.99 Å². The molecule has 3 heteroatoms. The van der Waals surface area contributed by atoms with Crippen molar-refractivity contribution in [1.82, 2.24) is 4.57 Å². The smallest absolute Gasteiger partial charge is 0.128 e. The molecule has 1 aromatic heterocycles. The molecule has 0 spiro atoms. The Hall–Kier alpha value is -2.68. The molecule has 4 rings (SSSR count). The summed E-state index contributed by atoms with van der Waals surface area (Å²) in [6.07, 6.45) is 4.25. The zero-order valence-corrected chi connectivity index (χ0v) is 15.3. The first-order valence-electron chi connectivity index (χ1n) is 9.13. The molecule has 1 saturated carbocycles. The summed E-state index contributed by atoms with van der Waals surface area (Å²) in [5.74, 6) is 0.521. The van der Waals surface area contributed by atoms with Crippen LogP contribution in [0.4, 0.5) is 10.1 Å². The van der Waals surface area contributed by atoms with Crippen molar-refractivity contribution in [2.24, 2.45) is 10.9 Å². The highest BCUT2D eigenvalue weighted by Crippen LogP contribution is 2.34. The molecule has 1 heterocycles. The molecule has 3 aromatic rings. The Bertz CT molecular complexity index is 1020. The van der Waals surface area contributed by atoms with Gasteiger partial charge in [0.15, 0.2) is 0 Å². The highest BCUT2D eigenvalue weighted by atomic mass is 19.1. The molecular weight excluding hydrogens is 323 g/mol. The lowest BCUT2D eigenvalue weighted by Gasteiger charge is -2.11. The van der Waals surface area contributed by atoms with Gasteiger partial charge in [-0.15, -0.1) is 0 Å². The standard InChI is InChI=1S/C23H23FN2/c1-4-17-11-20(24)15(2)21(12-17)25-16(3)23-13-19-7-5-6-8-22(19)26(23)14-18-9-10-18/h4-8,11-13,18H,1,9-10,14H2,2-3H3. The second-order valence-electron chi connectivity index (χ2n) is 7.19. The van der Waals surface area contributed by atoms with Crippen molar-refractivity contribution < 1.29 is 4.39 Å². The van der Waals surface area contributed by atoms with Crippen LogP contribution in [-0.2, 0) is 6.54 Å². The SMILES string of the molecule is C=Cc1cc(F)c(C)c(N=C(C)c2cc3ccccc3n2CC2CC2)c1. The molecule has 132 valence electrons. The van der Waals surface area contributed by atoms with Gasteiger partial charge in [0.25, 0.3) is 0 Å². The van der Waals surface area contributed by atoms with E-state index >= 15 is 0 Å². The lowest BCUT2D eigenvalue weighted by molar-refractivity contribution is 0.618. The fourth-order valence-electron chi connectivity index (χ4n) is 3.42. The van der Waals surface area contributed by atoms with E-state index in [1.807, 2.05) is 13.0 Å². The van der Waals surface area contributed by atoms with Crippen LogP contribution in [0.25, 0.3) is 17.0 Å². The third kappa shape index (κ3) is 3.10. The van der Waals surface area contributed by atoms with E-state index in [-0.39, 0.29) is 5.82 Å². The number of halogens is 1. The quantitative estimate of drug-likeness (QED) is 0.484. The van der Waals surface area contributed by atoms with E-state index < -0.39 is 0 Å². The molecule has 0 amide bonds. The second-order valence-corrected chi connectivity index (χ2v) is 7.19. The molecule has 0 saturated heterocycles. The van der Waals surface area contributed by atoms with Crippen molar-refractivity contribution in [2.75, 3.05) is 0 Å². The molecule has 1 aliphatic carbocycles. The highest BCUT2D eigenvalue weighted by Gasteiger charge is 2.24. The Morgan fingerprint density at radius 1 is 1.27 bits per heavy atom. The van der Waals surface area contributed by atoms with E-state index in [0.717, 1.165) is 29.4 Å². The van der Waals surface area contributed by atoms with E-state index in [1.165, 1.54) is 29.8 Å². The van der Waals surface area contributed by atoms with Gasteiger partial charge in [0, 0.05) is 23.0 Å². The first-order chi connectivity index (χ1) is 12.6. The lowest BCUT2D eigenvalue weighted by atomic mass is 10.1. The number of hydrogen-bond acceptors (Lipinski definition) is 1. The minimum absolute atomic E-state index is 0.243. The summed E-state index contributed by atoms with van der Waals surface area (Å²) in [5, 5.41) is 1.22. The van der Waals surface area contributed by atoms with Crippen LogP contribution in [0, 0.1) is 18.7 Å². The van der Waals surface area contributed by atoms with Gasteiger partial charge in [-0.2, -0.15) is 0 Å². The summed E-state index contributed by atoms with van der Waals surface area (Å²) >= 11 is 0. The van der Waals surface area contributed by atoms with Crippen molar-refractivity contribution in [2.45, 2.75) is 33.2 Å². The number of benzene rings is 2. The molecule has 1 aliphatic rings. The van der Waals surface area contributed by atoms with E-state index in [4.69, 9.17) is 4.99 Å². The molecule has 0 radical (unpaired) electrons. The minimum Gasteiger partial charge on any atom is -0.339 e. The van der Waals surface area contributed by atoms with Gasteiger partial charge in [0.2, 0.25) is 0 Å². The summed E-state index contributed by atoms with van der Waals surface area (Å²) in [6, 6.07) is 14.0. The van der Waals surface area contributed by atoms with Crippen LogP contribution in [-0.4, -0.2) is 10.3 Å². The minimum atomic E-state index is -0.243. The second kappa shape index (κ2) is 6.56. The normalized spacial score (nSPS) is 14.8. The van der Waals surface area contributed by atoms with Gasteiger partial charge in [0.05, 0.1) is 17.1 Å². The van der Waals surface area contributed by atoms with Crippen LogP contribution >= 0.6 is 0 Å². The van der Waals surface area contributed by atoms with Crippen LogP contribution in [0.5, 0.6) is 0 Å². The Labute approximate surface area is 153 Å². The molecule has 0 N–H and O–H groups in total. The fourth-order valence-corrected chi connectivity index (χ4v) is 3.42. The molecule has 2 aromatic carbocycles. The molecule has 0 atom stereocenters. The first-order valence-corrected chi connectivity index (χ1v) is 9.13. The number of hydrogen-bond donors (Lipinski definition) is 0. The molecule has 2 nitrogen and oxygen atoms in total. The average molecular weight is 346 g/mol. The maximum absolute atomic E-state index is 14.2. The maximum atomic E-state index is 14.2. The predicted octanol–water partition coefficient (Wildman–Crippen LogP) is 6.28. The van der Waals surface area contributed by atoms with Crippen LogP contribution in [0.2, 0.25) is 0 Å². The van der Waals surface area contributed by atoms with Crippen LogP contribution in [0.15, 0.2) is 54.0 Å². The largest absolute Gasteiger partial charge is 0.339 e. The van der Waals surface area contributed by atoms with E-state index in [0.29, 0.717) is 11.3 Å². The van der Waals surface area contributed by atoms with Crippen molar-refractivity contribution in [3.8, 4) is 0 Å². The topological polar surface area (TPSA) is 17.3 Å². The number of rotatable bonds is 5. The van der Waals surface area contributed by atoms with E-state index in [1.54, 1.807) is 13.0 Å². The van der Waals surface area contributed by atoms with Crippen molar-refractivity contribution in [3.05, 3.63) is 71.7 Å². The lowest BCUT2D eigenvalue weighted by Crippen LogP contribution is -2.08. The summed E-state index contributed by atoms with van der Waals surface area (Å²) in [7, 11) is 0. The Morgan fingerprint density at radius 2 is 2.04 bits per heavy atom. The molecule has 0 unspecified atom stereocenters. The Kier molecular flexibility index (Phi) is 4.23. The number of para-hydroxylation sites is 1. The number of nitrogens with zero attached hydrogens (tertiary/aromatic N) is 2. The average Bonchev–Trinajstić information content (AvgIpc) is 3.38. The van der Waals surface area contributed by atoms with Crippen molar-refractivity contribution >= 4 is 28.4 Å². The Morgan fingerprint density at radius 3 is 2.77 bits per heavy atom. The van der Waals surface area contributed by atoms with Crippen LogP contribution in [0.3, 0.4) is 0 Å². The van der Waals surface area contributed by atoms with E-state index in [2.05, 4.69) is 41.5 Å². The Balaban J connectivity index is 1.83. The van der Waals surface area contributed by atoms with Gasteiger partial charge >= 0.3 is 0 Å². The van der Waals surface area contributed by atoms with Gasteiger partial charge in [0.1, 0.15) is 5.82 Å². The van der Waals surface area contributed by atoms with Gasteiger partial charge in [-0.25, -0.2) is 4.39 Å². The predicted molar refractivity (Wildman–Crippen MR) is 108 cm³/mol. The highest BCUT2D eigenvalue weighted by molar-refractivity contribution is 6.03. The molecule has 0 bridgehead atoms. The summed E-state index contributed by atoms with van der Waals surface area (Å²) in [4.78, 5) is 4.79. The fraction of sp³-hybridized carbons (Fsp3) is 0.261. The van der Waals surface area contributed by atoms with Crippen LogP contribution in [0.1, 0.15) is 36.6 Å². The number of aromatic nitrogens is 1. The summed E-state index contributed by atoms with van der Waals surface area (Å²) in [6.45, 7) is 8.55. The number of aliphatic imine (C=N–C) groups is 1. The first kappa shape index (κ1) is 16.8. The monoisotopic (exact) mass is 346 g/mol. The maximum Gasteiger partial charge on any atom is 0.128 e. The van der Waals surface area contributed by atoms with Gasteiger partial charge in [-0.05, 0) is 62.4 Å². The van der Waals surface area contributed by atoms with Crippen molar-refractivity contribution in [3.63, 3.8) is 0 Å². The molecule has 26 heavy (non-hydrogen) atoms. The summed E-state index contributed by atoms with van der Waals surface area (Å²) in [5.41, 5.74) is 5.25. The number of fused-ring (bicyclic) bond motifs is 1. The summed E-state index contributed by atoms with van der Waals surface area (Å²) < 4.78 is 16.6. The zero-order valence-electron chi connectivity index (χ0n) is 15.3. The van der Waals surface area contributed by atoms with Crippen LogP contribution < -0.4 is 0 Å². The third-order valence-corrected chi connectivity index (χ3v) is 5.18. The van der Waals surface area contributed by atoms with Gasteiger partial charge in [-0.1, -0.05) is 30.9 Å². The molecule has 0 aliphatic heterocycles.